The Morgan fingerprint density at radius 1 is 1.14 bits per heavy atom. The Morgan fingerprint density at radius 2 is 1.86 bits per heavy atom. The zero-order chi connectivity index (χ0) is 19.8. The van der Waals surface area contributed by atoms with Crippen molar-refractivity contribution >= 4 is 22.8 Å². The normalized spacial score (nSPS) is 15.9. The number of hydrogen-bond donors (Lipinski definition) is 2. The summed E-state index contributed by atoms with van der Waals surface area (Å²) in [6.45, 7) is 2.01. The third-order valence-corrected chi connectivity index (χ3v) is 5.21. The highest BCUT2D eigenvalue weighted by Gasteiger charge is 2.22. The lowest BCUT2D eigenvalue weighted by Crippen LogP contribution is -2.29. The summed E-state index contributed by atoms with van der Waals surface area (Å²) in [6.07, 6.45) is 3.97. The van der Waals surface area contributed by atoms with Gasteiger partial charge in [0.25, 0.3) is 5.91 Å². The first-order chi connectivity index (χ1) is 13.4. The Balaban J connectivity index is 1.60. The molecule has 0 saturated carbocycles. The Kier molecular flexibility index (Phi) is 4.80. The van der Waals surface area contributed by atoms with E-state index in [-0.39, 0.29) is 5.82 Å². The molecule has 1 amide bonds. The zero-order valence-corrected chi connectivity index (χ0v) is 15.2. The molecule has 5 nitrogen and oxygen atoms in total. The van der Waals surface area contributed by atoms with Gasteiger partial charge >= 0.3 is 0 Å². The second kappa shape index (κ2) is 7.27. The second-order valence-corrected chi connectivity index (χ2v) is 7.11. The quantitative estimate of drug-likeness (QED) is 0.666. The van der Waals surface area contributed by atoms with E-state index in [1.165, 1.54) is 0 Å². The molecule has 1 aliphatic rings. The van der Waals surface area contributed by atoms with E-state index in [9.17, 15) is 18.0 Å². The van der Waals surface area contributed by atoms with Crippen LogP contribution >= 0.6 is 0 Å². The van der Waals surface area contributed by atoms with Gasteiger partial charge in [-0.15, -0.1) is 0 Å². The van der Waals surface area contributed by atoms with Crippen molar-refractivity contribution in [3.63, 3.8) is 0 Å². The monoisotopic (exact) mass is 388 g/mol. The van der Waals surface area contributed by atoms with Crippen LogP contribution in [0.3, 0.4) is 0 Å². The first kappa shape index (κ1) is 18.5. The Bertz CT molecular complexity index is 1040. The molecular weight excluding hydrogens is 369 g/mol. The van der Waals surface area contributed by atoms with Crippen molar-refractivity contribution in [3.8, 4) is 0 Å². The van der Waals surface area contributed by atoms with Crippen molar-refractivity contribution in [3.05, 3.63) is 59.0 Å². The fraction of sp³-hybridized carbons (Fsp3) is 0.300. The minimum atomic E-state index is -1.34. The number of anilines is 1. The van der Waals surface area contributed by atoms with Crippen LogP contribution < -0.4 is 5.32 Å². The van der Waals surface area contributed by atoms with Crippen LogP contribution in [0.2, 0.25) is 0 Å². The zero-order valence-electron chi connectivity index (χ0n) is 15.2. The van der Waals surface area contributed by atoms with Crippen LogP contribution in [0.25, 0.3) is 11.0 Å². The van der Waals surface area contributed by atoms with Crippen LogP contribution in [0.1, 0.15) is 34.7 Å². The molecule has 0 atom stereocenters. The lowest BCUT2D eigenvalue weighted by Gasteiger charge is -2.28. The number of nitrogens with zero attached hydrogens (tertiary/aromatic N) is 2. The van der Waals surface area contributed by atoms with Gasteiger partial charge in [0.1, 0.15) is 11.6 Å². The Morgan fingerprint density at radius 3 is 2.61 bits per heavy atom. The minimum absolute atomic E-state index is 0.218. The number of aromatic amines is 1. The standard InChI is InChI=1S/C20H19F3N4O/c1-27-6-4-11(5-7-27)13-10-24-17-2-3-18(25-19(13)17)26-20(28)12-8-15(22)16(23)9-14(12)21/h2-3,8-11,24H,4-7H2,1H3,(H,25,26,28). The van der Waals surface area contributed by atoms with Crippen LogP contribution in [0.5, 0.6) is 0 Å². The van der Waals surface area contributed by atoms with Crippen LogP contribution in [0.4, 0.5) is 19.0 Å². The number of rotatable bonds is 3. The highest BCUT2D eigenvalue weighted by atomic mass is 19.2. The molecular formula is C20H19F3N4O. The number of nitrogens with one attached hydrogen (secondary N) is 2. The molecule has 2 aromatic heterocycles. The maximum atomic E-state index is 13.8. The van der Waals surface area contributed by atoms with Gasteiger partial charge in [0.2, 0.25) is 0 Å². The van der Waals surface area contributed by atoms with Gasteiger partial charge in [-0.3, -0.25) is 4.79 Å². The smallest absolute Gasteiger partial charge is 0.259 e. The van der Waals surface area contributed by atoms with Gasteiger partial charge < -0.3 is 15.2 Å². The number of carbonyl (C=O) groups is 1. The Labute approximate surface area is 159 Å². The summed E-state index contributed by atoms with van der Waals surface area (Å²) in [5.74, 6) is -4.07. The largest absolute Gasteiger partial charge is 0.360 e. The number of carbonyl (C=O) groups excluding carboxylic acids is 1. The first-order valence-electron chi connectivity index (χ1n) is 9.05. The summed E-state index contributed by atoms with van der Waals surface area (Å²) in [7, 11) is 2.09. The number of pyridine rings is 1. The van der Waals surface area contributed by atoms with Crippen LogP contribution in [0, 0.1) is 17.5 Å². The number of amides is 1. The molecule has 4 rings (SSSR count). The maximum Gasteiger partial charge on any atom is 0.259 e. The summed E-state index contributed by atoms with van der Waals surface area (Å²) < 4.78 is 40.3. The first-order valence-corrected chi connectivity index (χ1v) is 9.05. The van der Waals surface area contributed by atoms with Gasteiger partial charge in [0.05, 0.1) is 16.6 Å². The minimum Gasteiger partial charge on any atom is -0.360 e. The van der Waals surface area contributed by atoms with Crippen molar-refractivity contribution in [2.45, 2.75) is 18.8 Å². The van der Waals surface area contributed by atoms with Crippen molar-refractivity contribution < 1.29 is 18.0 Å². The van der Waals surface area contributed by atoms with Crippen LogP contribution in [0.15, 0.2) is 30.5 Å². The maximum absolute atomic E-state index is 13.8. The van der Waals surface area contributed by atoms with Crippen molar-refractivity contribution in [1.29, 1.82) is 0 Å². The average Bonchev–Trinajstić information content (AvgIpc) is 3.08. The van der Waals surface area contributed by atoms with Gasteiger partial charge in [0.15, 0.2) is 11.6 Å². The second-order valence-electron chi connectivity index (χ2n) is 7.11. The van der Waals surface area contributed by atoms with E-state index < -0.39 is 28.9 Å². The average molecular weight is 388 g/mol. The predicted octanol–water partition coefficient (Wildman–Crippen LogP) is 4.04. The fourth-order valence-corrected chi connectivity index (χ4v) is 3.60. The van der Waals surface area contributed by atoms with E-state index in [2.05, 4.69) is 27.2 Å². The highest BCUT2D eigenvalue weighted by Crippen LogP contribution is 2.32. The summed E-state index contributed by atoms with van der Waals surface area (Å²) in [6, 6.07) is 4.24. The third kappa shape index (κ3) is 3.47. The number of piperidine rings is 1. The van der Waals surface area contributed by atoms with Gasteiger partial charge in [0, 0.05) is 12.3 Å². The topological polar surface area (TPSA) is 61.0 Å². The molecule has 1 aliphatic heterocycles. The molecule has 2 N–H and O–H groups in total. The lowest BCUT2D eigenvalue weighted by molar-refractivity contribution is 0.102. The van der Waals surface area contributed by atoms with Crippen LogP contribution in [-0.4, -0.2) is 40.9 Å². The van der Waals surface area contributed by atoms with Crippen molar-refractivity contribution in [1.82, 2.24) is 14.9 Å². The van der Waals surface area contributed by atoms with Gasteiger partial charge in [-0.1, -0.05) is 0 Å². The molecule has 0 bridgehead atoms. The summed E-state index contributed by atoms with van der Waals surface area (Å²) >= 11 is 0. The van der Waals surface area contributed by atoms with E-state index in [1.54, 1.807) is 12.1 Å². The van der Waals surface area contributed by atoms with Crippen molar-refractivity contribution in [2.24, 2.45) is 0 Å². The SMILES string of the molecule is CN1CCC(c2c[nH]c3ccc(NC(=O)c4cc(F)c(F)cc4F)nc23)CC1. The highest BCUT2D eigenvalue weighted by molar-refractivity contribution is 6.04. The fourth-order valence-electron chi connectivity index (χ4n) is 3.60. The molecule has 146 valence electrons. The van der Waals surface area contributed by atoms with Crippen molar-refractivity contribution in [2.75, 3.05) is 25.5 Å². The van der Waals surface area contributed by atoms with Crippen LogP contribution in [-0.2, 0) is 0 Å². The van der Waals surface area contributed by atoms with E-state index in [4.69, 9.17) is 0 Å². The predicted molar refractivity (Wildman–Crippen MR) is 99.8 cm³/mol. The van der Waals surface area contributed by atoms with Gasteiger partial charge in [-0.2, -0.15) is 0 Å². The molecule has 0 radical (unpaired) electrons. The molecule has 8 heteroatoms. The van der Waals surface area contributed by atoms with Gasteiger partial charge in [-0.05, 0) is 62.7 Å². The van der Waals surface area contributed by atoms with Gasteiger partial charge in [-0.25, -0.2) is 18.2 Å². The molecule has 0 unspecified atom stereocenters. The molecule has 3 heterocycles. The number of fused-ring (bicyclic) bond motifs is 1. The summed E-state index contributed by atoms with van der Waals surface area (Å²) in [5.41, 5.74) is 2.09. The summed E-state index contributed by atoms with van der Waals surface area (Å²) in [5, 5.41) is 2.46. The lowest BCUT2D eigenvalue weighted by atomic mass is 9.91. The molecule has 0 spiro atoms. The molecule has 0 aliphatic carbocycles. The van der Waals surface area contributed by atoms with E-state index in [0.717, 1.165) is 42.5 Å². The molecule has 3 aromatic rings. The third-order valence-electron chi connectivity index (χ3n) is 5.21. The summed E-state index contributed by atoms with van der Waals surface area (Å²) in [4.78, 5) is 22.3. The molecule has 1 fully saturated rings. The van der Waals surface area contributed by atoms with E-state index in [0.29, 0.717) is 18.1 Å². The number of likely N-dealkylation sites (tertiary alicyclic amines) is 1. The Hall–Kier alpha value is -2.87. The number of halogens is 3. The molecule has 1 saturated heterocycles. The van der Waals surface area contributed by atoms with E-state index >= 15 is 0 Å². The molecule has 28 heavy (non-hydrogen) atoms. The van der Waals surface area contributed by atoms with E-state index in [1.807, 2.05) is 6.20 Å². The number of H-pyrrole nitrogens is 1. The number of hydrogen-bond acceptors (Lipinski definition) is 3. The number of benzene rings is 1. The molecule has 1 aromatic carbocycles. The number of aromatic nitrogens is 2.